The minimum atomic E-state index is -3.38. The summed E-state index contributed by atoms with van der Waals surface area (Å²) in [5.74, 6) is 0. The highest BCUT2D eigenvalue weighted by atomic mass is 32.2. The van der Waals surface area contributed by atoms with E-state index in [2.05, 4.69) is 28.4 Å². The quantitative estimate of drug-likeness (QED) is 0.852. The van der Waals surface area contributed by atoms with Gasteiger partial charge in [-0.15, -0.1) is 11.3 Å². The van der Waals surface area contributed by atoms with Crippen LogP contribution in [0.4, 0.5) is 0 Å². The summed E-state index contributed by atoms with van der Waals surface area (Å²) >= 11 is 1.34. The molecule has 0 amide bonds. The summed E-state index contributed by atoms with van der Waals surface area (Å²) in [5, 5.41) is 0. The van der Waals surface area contributed by atoms with Crippen molar-refractivity contribution in [2.24, 2.45) is 0 Å². The fourth-order valence-corrected chi connectivity index (χ4v) is 5.31. The molecule has 1 fully saturated rings. The maximum atomic E-state index is 12.4. The number of hydrogen-bond acceptors (Lipinski definition) is 5. The Labute approximate surface area is 138 Å². The van der Waals surface area contributed by atoms with Crippen molar-refractivity contribution in [1.82, 2.24) is 14.5 Å². The summed E-state index contributed by atoms with van der Waals surface area (Å²) in [7, 11) is -3.38. The number of aryl methyl sites for hydroxylation is 2. The van der Waals surface area contributed by atoms with Crippen molar-refractivity contribution in [2.45, 2.75) is 37.9 Å². The van der Waals surface area contributed by atoms with E-state index in [1.165, 1.54) is 11.3 Å². The summed E-state index contributed by atoms with van der Waals surface area (Å²) < 4.78 is 27.9. The van der Waals surface area contributed by atoms with Gasteiger partial charge in [0.25, 0.3) is 0 Å². The molecular weight excluding hydrogens is 318 g/mol. The minimum Gasteiger partial charge on any atom is -0.301 e. The molecule has 2 heterocycles. The van der Waals surface area contributed by atoms with Gasteiger partial charge < -0.3 is 4.90 Å². The Kier molecular flexibility index (Phi) is 6.01. The molecule has 0 radical (unpaired) electrons. The number of sulfonamides is 1. The third kappa shape index (κ3) is 4.29. The average Bonchev–Trinajstić information content (AvgIpc) is 2.85. The van der Waals surface area contributed by atoms with Gasteiger partial charge in [0.15, 0.2) is 0 Å². The van der Waals surface area contributed by atoms with Crippen molar-refractivity contribution >= 4 is 21.4 Å². The molecule has 1 atom stereocenters. The highest BCUT2D eigenvalue weighted by Gasteiger charge is 2.23. The average molecular weight is 346 g/mol. The predicted molar refractivity (Wildman–Crippen MR) is 92.1 cm³/mol. The van der Waals surface area contributed by atoms with Gasteiger partial charge >= 0.3 is 0 Å². The molecule has 22 heavy (non-hydrogen) atoms. The van der Waals surface area contributed by atoms with Crippen molar-refractivity contribution in [2.75, 3.05) is 39.3 Å². The number of nitrogens with zero attached hydrogens (tertiary/aromatic N) is 2. The van der Waals surface area contributed by atoms with Crippen molar-refractivity contribution in [3.8, 4) is 0 Å². The first-order valence-corrected chi connectivity index (χ1v) is 10.2. The predicted octanol–water partition coefficient (Wildman–Crippen LogP) is 1.67. The van der Waals surface area contributed by atoms with Gasteiger partial charge in [-0.05, 0) is 38.9 Å². The molecule has 126 valence electrons. The van der Waals surface area contributed by atoms with Crippen molar-refractivity contribution in [3.05, 3.63) is 16.5 Å². The molecule has 1 unspecified atom stereocenters. The highest BCUT2D eigenvalue weighted by molar-refractivity contribution is 7.91. The van der Waals surface area contributed by atoms with Gasteiger partial charge in [0.2, 0.25) is 10.0 Å². The molecule has 1 aromatic rings. The lowest BCUT2D eigenvalue weighted by Gasteiger charge is -2.37. The third-order valence-corrected chi connectivity index (χ3v) is 7.50. The Morgan fingerprint density at radius 1 is 1.27 bits per heavy atom. The zero-order valence-corrected chi connectivity index (χ0v) is 15.6. The lowest BCUT2D eigenvalue weighted by atomic mass is 10.2. The van der Waals surface area contributed by atoms with Gasteiger partial charge in [-0.1, -0.05) is 6.92 Å². The van der Waals surface area contributed by atoms with Crippen molar-refractivity contribution in [3.63, 3.8) is 0 Å². The van der Waals surface area contributed by atoms with Crippen LogP contribution in [-0.4, -0.2) is 63.5 Å². The Bertz CT molecular complexity index is 570. The number of nitrogens with one attached hydrogen (secondary N) is 1. The molecule has 1 aliphatic heterocycles. The highest BCUT2D eigenvalue weighted by Crippen LogP contribution is 2.24. The summed E-state index contributed by atoms with van der Waals surface area (Å²) in [4.78, 5) is 5.84. The van der Waals surface area contributed by atoms with E-state index in [0.717, 1.165) is 43.2 Å². The van der Waals surface area contributed by atoms with Crippen LogP contribution in [0.25, 0.3) is 0 Å². The molecule has 7 heteroatoms. The first-order valence-electron chi connectivity index (χ1n) is 7.86. The minimum absolute atomic E-state index is 0.218. The molecular formula is C15H27N3O2S2. The molecule has 0 spiro atoms. The van der Waals surface area contributed by atoms with Crippen LogP contribution < -0.4 is 4.72 Å². The van der Waals surface area contributed by atoms with Gasteiger partial charge in [0, 0.05) is 43.6 Å². The second kappa shape index (κ2) is 7.40. The smallest absolute Gasteiger partial charge is 0.250 e. The zero-order valence-electron chi connectivity index (χ0n) is 13.9. The molecule has 1 aliphatic rings. The molecule has 1 N–H and O–H groups in total. The van der Waals surface area contributed by atoms with Crippen LogP contribution in [0.3, 0.4) is 0 Å². The van der Waals surface area contributed by atoms with E-state index in [1.54, 1.807) is 6.07 Å². The van der Waals surface area contributed by atoms with Crippen LogP contribution in [0.5, 0.6) is 0 Å². The maximum absolute atomic E-state index is 12.4. The van der Waals surface area contributed by atoms with Crippen LogP contribution in [-0.2, 0) is 10.0 Å². The molecule has 2 rings (SSSR count). The lowest BCUT2D eigenvalue weighted by Crippen LogP contribution is -2.52. The molecule has 1 saturated heterocycles. The Morgan fingerprint density at radius 3 is 2.41 bits per heavy atom. The molecule has 0 aliphatic carbocycles. The summed E-state index contributed by atoms with van der Waals surface area (Å²) in [6.07, 6.45) is 0. The fourth-order valence-electron chi connectivity index (χ4n) is 2.62. The van der Waals surface area contributed by atoms with Crippen molar-refractivity contribution in [1.29, 1.82) is 0 Å². The van der Waals surface area contributed by atoms with Gasteiger partial charge in [0.05, 0.1) is 0 Å². The first-order chi connectivity index (χ1) is 10.3. The summed E-state index contributed by atoms with van der Waals surface area (Å²) in [5.41, 5.74) is 1.04. The van der Waals surface area contributed by atoms with Gasteiger partial charge in [-0.25, -0.2) is 13.1 Å². The number of likely N-dealkylation sites (N-methyl/N-ethyl adjacent to an activating group) is 1. The monoisotopic (exact) mass is 345 g/mol. The van der Waals surface area contributed by atoms with E-state index >= 15 is 0 Å². The van der Waals surface area contributed by atoms with E-state index in [0.29, 0.717) is 10.8 Å². The number of thiophene rings is 1. The van der Waals surface area contributed by atoms with Crippen LogP contribution in [0.2, 0.25) is 0 Å². The van der Waals surface area contributed by atoms with Crippen LogP contribution in [0, 0.1) is 13.8 Å². The molecule has 5 nitrogen and oxygen atoms in total. The Balaban J connectivity index is 1.89. The van der Waals surface area contributed by atoms with E-state index in [9.17, 15) is 8.42 Å². The Morgan fingerprint density at radius 2 is 1.91 bits per heavy atom. The molecule has 0 aromatic carbocycles. The largest absolute Gasteiger partial charge is 0.301 e. The first kappa shape index (κ1) is 17.9. The number of hydrogen-bond donors (Lipinski definition) is 1. The fraction of sp³-hybridized carbons (Fsp3) is 0.733. The van der Waals surface area contributed by atoms with Gasteiger partial charge in [-0.2, -0.15) is 0 Å². The third-order valence-electron chi connectivity index (χ3n) is 4.45. The van der Waals surface area contributed by atoms with E-state index < -0.39 is 10.0 Å². The molecule has 1 aromatic heterocycles. The van der Waals surface area contributed by atoms with E-state index in [1.807, 2.05) is 13.8 Å². The number of rotatable bonds is 6. The van der Waals surface area contributed by atoms with Gasteiger partial charge in [0.1, 0.15) is 4.21 Å². The van der Waals surface area contributed by atoms with Gasteiger partial charge in [-0.3, -0.25) is 4.90 Å². The zero-order chi connectivity index (χ0) is 16.3. The Hall–Kier alpha value is -0.470. The van der Waals surface area contributed by atoms with Crippen molar-refractivity contribution < 1.29 is 8.42 Å². The summed E-state index contributed by atoms with van der Waals surface area (Å²) in [6, 6.07) is 1.98. The standard InChI is InChI=1S/C15H27N3O2S2/c1-5-17-6-8-18(9-7-17)13(3)11-16-22(19,20)15-10-12(2)14(4)21-15/h10,13,16H,5-9,11H2,1-4H3. The molecule has 0 saturated carbocycles. The lowest BCUT2D eigenvalue weighted by molar-refractivity contribution is 0.107. The van der Waals surface area contributed by atoms with Crippen LogP contribution in [0.1, 0.15) is 24.3 Å². The van der Waals surface area contributed by atoms with Crippen LogP contribution in [0.15, 0.2) is 10.3 Å². The normalized spacial score (nSPS) is 19.5. The second-order valence-corrected chi connectivity index (χ2v) is 9.23. The maximum Gasteiger partial charge on any atom is 0.250 e. The topological polar surface area (TPSA) is 52.6 Å². The van der Waals surface area contributed by atoms with Crippen LogP contribution >= 0.6 is 11.3 Å². The summed E-state index contributed by atoms with van der Waals surface area (Å²) in [6.45, 7) is 13.9. The second-order valence-electron chi connectivity index (χ2n) is 5.98. The number of piperazine rings is 1. The SMILES string of the molecule is CCN1CCN(C(C)CNS(=O)(=O)c2cc(C)c(C)s2)CC1. The molecule has 0 bridgehead atoms. The van der Waals surface area contributed by atoms with E-state index in [-0.39, 0.29) is 6.04 Å². The van der Waals surface area contributed by atoms with E-state index in [4.69, 9.17) is 0 Å².